The Bertz CT molecular complexity index is 770. The monoisotopic (exact) mass is 364 g/mol. The minimum Gasteiger partial charge on any atom is -0.496 e. The molecule has 0 bridgehead atoms. The van der Waals surface area contributed by atoms with Crippen LogP contribution in [0.25, 0.3) is 21.9 Å². The van der Waals surface area contributed by atoms with E-state index in [0.29, 0.717) is 11.2 Å². The predicted molar refractivity (Wildman–Crippen MR) is 80.9 cm³/mol. The number of halogens is 2. The molecule has 3 nitrogen and oxygen atoms in total. The van der Waals surface area contributed by atoms with E-state index in [9.17, 15) is 0 Å². The number of ether oxygens (including phenoxy) is 1. The van der Waals surface area contributed by atoms with Crippen molar-refractivity contribution in [3.63, 3.8) is 0 Å². The number of H-pyrrole nitrogens is 1. The van der Waals surface area contributed by atoms with Crippen LogP contribution in [0.3, 0.4) is 0 Å². The lowest BCUT2D eigenvalue weighted by Gasteiger charge is -2.09. The second-order valence-corrected chi connectivity index (χ2v) is 5.67. The number of hydrogen-bond acceptors (Lipinski definition) is 2. The van der Waals surface area contributed by atoms with Crippen LogP contribution in [0, 0.1) is 0 Å². The summed E-state index contributed by atoms with van der Waals surface area (Å²) in [5.74, 6) is 0.642. The second-order valence-electron chi connectivity index (χ2n) is 3.90. The van der Waals surface area contributed by atoms with E-state index >= 15 is 0 Å². The van der Waals surface area contributed by atoms with Crippen molar-refractivity contribution in [1.29, 1.82) is 0 Å². The summed E-state index contributed by atoms with van der Waals surface area (Å²) < 4.78 is 7.05. The third-order valence-corrected chi connectivity index (χ3v) is 3.87. The standard InChI is InChI=1S/C12H7BBr2N2O/c1-18-11-7(15)3-8-9(10(11)13)6-2-5(14)4-16-12(6)17-8/h2-4H,1H3,(H,16,17). The number of methoxy groups -OCH3 is 1. The van der Waals surface area contributed by atoms with Crippen LogP contribution in [0.15, 0.2) is 27.3 Å². The largest absolute Gasteiger partial charge is 0.496 e. The zero-order chi connectivity index (χ0) is 12.9. The number of nitrogens with one attached hydrogen (secondary N) is 1. The average Bonchev–Trinajstić information content (AvgIpc) is 2.66. The van der Waals surface area contributed by atoms with Crippen LogP contribution in [0.4, 0.5) is 0 Å². The fourth-order valence-corrected chi connectivity index (χ4v) is 3.04. The molecule has 0 aliphatic heterocycles. The molecule has 18 heavy (non-hydrogen) atoms. The number of nitrogens with zero attached hydrogens (tertiary/aromatic N) is 1. The van der Waals surface area contributed by atoms with Crippen LogP contribution in [-0.4, -0.2) is 24.9 Å². The van der Waals surface area contributed by atoms with Crippen molar-refractivity contribution in [2.24, 2.45) is 0 Å². The van der Waals surface area contributed by atoms with Gasteiger partial charge in [-0.15, -0.1) is 0 Å². The summed E-state index contributed by atoms with van der Waals surface area (Å²) >= 11 is 6.87. The highest BCUT2D eigenvalue weighted by Gasteiger charge is 2.14. The van der Waals surface area contributed by atoms with Gasteiger partial charge in [0, 0.05) is 27.0 Å². The number of benzene rings is 1. The molecular weight excluding hydrogens is 359 g/mol. The zero-order valence-electron chi connectivity index (χ0n) is 9.42. The summed E-state index contributed by atoms with van der Waals surface area (Å²) in [4.78, 5) is 7.57. The molecule has 2 radical (unpaired) electrons. The van der Waals surface area contributed by atoms with Gasteiger partial charge in [-0.25, -0.2) is 4.98 Å². The fraction of sp³-hybridized carbons (Fsp3) is 0.0833. The Labute approximate surface area is 122 Å². The van der Waals surface area contributed by atoms with Gasteiger partial charge in [0.15, 0.2) is 0 Å². The number of pyridine rings is 1. The third kappa shape index (κ3) is 1.67. The smallest absolute Gasteiger partial charge is 0.138 e. The summed E-state index contributed by atoms with van der Waals surface area (Å²) in [5.41, 5.74) is 2.34. The molecule has 0 aliphatic rings. The minimum atomic E-state index is 0.605. The van der Waals surface area contributed by atoms with Crippen molar-refractivity contribution in [2.75, 3.05) is 7.11 Å². The molecular formula is C12H7BBr2N2O. The number of fused-ring (bicyclic) bond motifs is 3. The lowest BCUT2D eigenvalue weighted by molar-refractivity contribution is 0.416. The van der Waals surface area contributed by atoms with Crippen LogP contribution in [0.2, 0.25) is 0 Å². The Morgan fingerprint density at radius 3 is 2.83 bits per heavy atom. The maximum Gasteiger partial charge on any atom is 0.138 e. The summed E-state index contributed by atoms with van der Waals surface area (Å²) in [5, 5.41) is 1.90. The lowest BCUT2D eigenvalue weighted by atomic mass is 9.90. The average molecular weight is 366 g/mol. The number of hydrogen-bond donors (Lipinski definition) is 1. The third-order valence-electron chi connectivity index (χ3n) is 2.85. The molecule has 0 unspecified atom stereocenters. The van der Waals surface area contributed by atoms with Crippen molar-refractivity contribution in [2.45, 2.75) is 0 Å². The first-order chi connectivity index (χ1) is 8.61. The molecule has 2 heterocycles. The molecule has 0 atom stereocenters. The molecule has 3 aromatic rings. The molecule has 0 saturated carbocycles. The van der Waals surface area contributed by atoms with Crippen LogP contribution in [0.5, 0.6) is 5.75 Å². The Hall–Kier alpha value is -1.01. The molecule has 3 rings (SSSR count). The Kier molecular flexibility index (Phi) is 2.86. The van der Waals surface area contributed by atoms with Gasteiger partial charge < -0.3 is 9.72 Å². The highest BCUT2D eigenvalue weighted by Crippen LogP contribution is 2.32. The van der Waals surface area contributed by atoms with Crippen molar-refractivity contribution in [3.05, 3.63) is 27.3 Å². The molecule has 0 saturated heterocycles. The molecule has 6 heteroatoms. The van der Waals surface area contributed by atoms with Gasteiger partial charge in [0.1, 0.15) is 19.2 Å². The van der Waals surface area contributed by atoms with Gasteiger partial charge in [-0.05, 0) is 49.5 Å². The van der Waals surface area contributed by atoms with E-state index in [0.717, 1.165) is 30.9 Å². The maximum atomic E-state index is 6.17. The Morgan fingerprint density at radius 1 is 1.33 bits per heavy atom. The van der Waals surface area contributed by atoms with Crippen molar-refractivity contribution in [1.82, 2.24) is 9.97 Å². The van der Waals surface area contributed by atoms with Crippen LogP contribution in [0.1, 0.15) is 0 Å². The quantitative estimate of drug-likeness (QED) is 0.673. The van der Waals surface area contributed by atoms with Crippen molar-refractivity contribution in [3.8, 4) is 5.75 Å². The molecule has 0 fully saturated rings. The molecule has 88 valence electrons. The summed E-state index contributed by atoms with van der Waals surface area (Å²) in [7, 11) is 7.78. The first-order valence-electron chi connectivity index (χ1n) is 5.20. The normalized spacial score (nSPS) is 11.3. The number of aromatic amines is 1. The summed E-state index contributed by atoms with van der Waals surface area (Å²) in [6.45, 7) is 0. The molecule has 0 aliphatic carbocycles. The first-order valence-corrected chi connectivity index (χ1v) is 6.79. The van der Waals surface area contributed by atoms with E-state index in [2.05, 4.69) is 41.8 Å². The van der Waals surface area contributed by atoms with Crippen LogP contribution < -0.4 is 10.2 Å². The Morgan fingerprint density at radius 2 is 2.11 bits per heavy atom. The van der Waals surface area contributed by atoms with Gasteiger partial charge in [-0.2, -0.15) is 0 Å². The molecule has 0 spiro atoms. The van der Waals surface area contributed by atoms with Gasteiger partial charge in [0.2, 0.25) is 0 Å². The molecule has 1 aromatic carbocycles. The van der Waals surface area contributed by atoms with E-state index in [1.807, 2.05) is 12.1 Å². The van der Waals surface area contributed by atoms with Crippen molar-refractivity contribution < 1.29 is 4.74 Å². The van der Waals surface area contributed by atoms with Crippen LogP contribution in [-0.2, 0) is 0 Å². The van der Waals surface area contributed by atoms with Gasteiger partial charge in [-0.3, -0.25) is 0 Å². The van der Waals surface area contributed by atoms with Gasteiger partial charge in [0.05, 0.1) is 11.6 Å². The maximum absolute atomic E-state index is 6.17. The fourth-order valence-electron chi connectivity index (χ4n) is 2.10. The van der Waals surface area contributed by atoms with Crippen molar-refractivity contribution >= 4 is 67.1 Å². The van der Waals surface area contributed by atoms with E-state index < -0.39 is 0 Å². The number of rotatable bonds is 1. The van der Waals surface area contributed by atoms with E-state index in [4.69, 9.17) is 12.6 Å². The predicted octanol–water partition coefficient (Wildman–Crippen LogP) is 3.04. The topological polar surface area (TPSA) is 37.9 Å². The first kappa shape index (κ1) is 12.1. The second kappa shape index (κ2) is 4.28. The van der Waals surface area contributed by atoms with E-state index in [1.165, 1.54) is 0 Å². The van der Waals surface area contributed by atoms with E-state index in [-0.39, 0.29) is 0 Å². The molecule has 1 N–H and O–H groups in total. The van der Waals surface area contributed by atoms with Crippen LogP contribution >= 0.6 is 31.9 Å². The van der Waals surface area contributed by atoms with E-state index in [1.54, 1.807) is 13.3 Å². The van der Waals surface area contributed by atoms with Gasteiger partial charge in [-0.1, -0.05) is 0 Å². The molecule has 0 amide bonds. The minimum absolute atomic E-state index is 0.605. The summed E-state index contributed by atoms with van der Waals surface area (Å²) in [6, 6.07) is 3.94. The van der Waals surface area contributed by atoms with Gasteiger partial charge >= 0.3 is 0 Å². The van der Waals surface area contributed by atoms with Gasteiger partial charge in [0.25, 0.3) is 0 Å². The Balaban J connectivity index is 2.54. The highest BCUT2D eigenvalue weighted by atomic mass is 79.9. The molecule has 2 aromatic heterocycles. The zero-order valence-corrected chi connectivity index (χ0v) is 12.6. The lowest BCUT2D eigenvalue weighted by Crippen LogP contribution is -2.09. The number of aromatic nitrogens is 2. The highest BCUT2D eigenvalue weighted by molar-refractivity contribution is 9.10. The SMILES string of the molecule is [B]c1c(OC)c(Br)cc2[nH]c3ncc(Br)cc3c12. The summed E-state index contributed by atoms with van der Waals surface area (Å²) in [6.07, 6.45) is 1.75.